The third-order valence-corrected chi connectivity index (χ3v) is 3.66. The zero-order valence-corrected chi connectivity index (χ0v) is 11.8. The molecule has 0 aromatic rings. The maximum Gasteiger partial charge on any atom is 0.117 e. The molecular formula is C14H26N2O. The molecule has 2 aliphatic heterocycles. The zero-order valence-electron chi connectivity index (χ0n) is 11.8. The molecule has 0 aliphatic carbocycles. The number of hydrogen-bond acceptors (Lipinski definition) is 3. The fourth-order valence-corrected chi connectivity index (χ4v) is 3.44. The Morgan fingerprint density at radius 3 is 2.65 bits per heavy atom. The molecule has 0 bridgehead atoms. The Morgan fingerprint density at radius 1 is 1.29 bits per heavy atom. The van der Waals surface area contributed by atoms with E-state index in [0.29, 0.717) is 12.1 Å². The van der Waals surface area contributed by atoms with Gasteiger partial charge in [-0.1, -0.05) is 12.2 Å². The summed E-state index contributed by atoms with van der Waals surface area (Å²) in [6.07, 6.45) is 5.90. The van der Waals surface area contributed by atoms with Gasteiger partial charge in [0.1, 0.15) is 5.72 Å². The second-order valence-corrected chi connectivity index (χ2v) is 6.58. The first-order valence-corrected chi connectivity index (χ1v) is 6.65. The van der Waals surface area contributed by atoms with Crippen LogP contribution in [0.5, 0.6) is 0 Å². The minimum Gasteiger partial charge on any atom is -0.355 e. The van der Waals surface area contributed by atoms with Gasteiger partial charge >= 0.3 is 0 Å². The maximum absolute atomic E-state index is 6.26. The van der Waals surface area contributed by atoms with Crippen molar-refractivity contribution in [2.24, 2.45) is 0 Å². The van der Waals surface area contributed by atoms with Crippen molar-refractivity contribution in [2.75, 3.05) is 13.1 Å². The van der Waals surface area contributed by atoms with Crippen molar-refractivity contribution >= 4 is 0 Å². The highest BCUT2D eigenvalue weighted by Gasteiger charge is 2.50. The quantitative estimate of drug-likeness (QED) is 0.654. The molecule has 0 spiro atoms. The molecule has 2 rings (SSSR count). The maximum atomic E-state index is 6.26. The fourth-order valence-electron chi connectivity index (χ4n) is 3.44. The van der Waals surface area contributed by atoms with Crippen LogP contribution in [0.4, 0.5) is 0 Å². The molecule has 0 amide bonds. The normalized spacial score (nSPS) is 34.2. The Morgan fingerprint density at radius 2 is 2.00 bits per heavy atom. The lowest BCUT2D eigenvalue weighted by Gasteiger charge is -2.43. The van der Waals surface area contributed by atoms with Gasteiger partial charge in [0.2, 0.25) is 0 Å². The highest BCUT2D eigenvalue weighted by Crippen LogP contribution is 2.39. The number of rotatable bonds is 0. The molecule has 1 fully saturated rings. The minimum absolute atomic E-state index is 0.135. The summed E-state index contributed by atoms with van der Waals surface area (Å²) in [6, 6.07) is 0.481. The predicted octanol–water partition coefficient (Wildman–Crippen LogP) is 2.14. The molecule has 0 aromatic heterocycles. The first-order valence-electron chi connectivity index (χ1n) is 6.65. The van der Waals surface area contributed by atoms with Gasteiger partial charge in [-0.2, -0.15) is 0 Å². The van der Waals surface area contributed by atoms with E-state index in [1.807, 2.05) is 0 Å². The summed E-state index contributed by atoms with van der Waals surface area (Å²) in [6.45, 7) is 13.1. The van der Waals surface area contributed by atoms with Crippen LogP contribution in [0.15, 0.2) is 12.2 Å². The predicted molar refractivity (Wildman–Crippen MR) is 71.0 cm³/mol. The van der Waals surface area contributed by atoms with Crippen molar-refractivity contribution in [1.82, 2.24) is 10.2 Å². The number of nitrogens with one attached hydrogen (secondary N) is 1. The number of ether oxygens (including phenoxy) is 1. The Labute approximate surface area is 105 Å². The molecule has 3 heteroatoms. The van der Waals surface area contributed by atoms with E-state index in [9.17, 15) is 0 Å². The van der Waals surface area contributed by atoms with Crippen molar-refractivity contribution < 1.29 is 4.74 Å². The van der Waals surface area contributed by atoms with Crippen molar-refractivity contribution in [3.8, 4) is 0 Å². The third-order valence-electron chi connectivity index (χ3n) is 3.66. The second kappa shape index (κ2) is 4.38. The van der Waals surface area contributed by atoms with Gasteiger partial charge in [0.25, 0.3) is 0 Å². The third kappa shape index (κ3) is 2.56. The summed E-state index contributed by atoms with van der Waals surface area (Å²) < 4.78 is 6.26. The van der Waals surface area contributed by atoms with E-state index in [1.165, 1.54) is 0 Å². The van der Waals surface area contributed by atoms with Crippen LogP contribution in [-0.2, 0) is 4.74 Å². The van der Waals surface area contributed by atoms with Crippen LogP contribution in [0.3, 0.4) is 0 Å². The van der Waals surface area contributed by atoms with E-state index < -0.39 is 0 Å². The van der Waals surface area contributed by atoms with Crippen LogP contribution >= 0.6 is 0 Å². The van der Waals surface area contributed by atoms with Crippen molar-refractivity contribution in [3.05, 3.63) is 12.2 Å². The highest BCUT2D eigenvalue weighted by molar-refractivity contribution is 5.04. The van der Waals surface area contributed by atoms with Gasteiger partial charge in [-0.25, -0.2) is 0 Å². The van der Waals surface area contributed by atoms with Gasteiger partial charge in [-0.05, 0) is 41.0 Å². The largest absolute Gasteiger partial charge is 0.355 e. The van der Waals surface area contributed by atoms with Crippen LogP contribution < -0.4 is 5.32 Å². The van der Waals surface area contributed by atoms with Gasteiger partial charge in [0.05, 0.1) is 6.10 Å². The highest BCUT2D eigenvalue weighted by atomic mass is 16.5. The van der Waals surface area contributed by atoms with E-state index in [-0.39, 0.29) is 11.3 Å². The lowest BCUT2D eigenvalue weighted by molar-refractivity contribution is -0.104. The first kappa shape index (κ1) is 13.1. The SMILES string of the molecule is CC(C)(C)N1C2CC=CCNCC2OC1(C)C. The second-order valence-electron chi connectivity index (χ2n) is 6.58. The van der Waals surface area contributed by atoms with E-state index in [4.69, 9.17) is 4.74 Å². The fraction of sp³-hybridized carbons (Fsp3) is 0.857. The van der Waals surface area contributed by atoms with Gasteiger partial charge in [0, 0.05) is 24.7 Å². The van der Waals surface area contributed by atoms with Crippen LogP contribution in [0.2, 0.25) is 0 Å². The molecule has 1 saturated heterocycles. The first-order chi connectivity index (χ1) is 7.82. The topological polar surface area (TPSA) is 24.5 Å². The van der Waals surface area contributed by atoms with E-state index in [1.54, 1.807) is 0 Å². The summed E-state index contributed by atoms with van der Waals surface area (Å²) in [5.74, 6) is 0. The molecule has 0 saturated carbocycles. The molecule has 2 heterocycles. The summed E-state index contributed by atoms with van der Waals surface area (Å²) in [7, 11) is 0. The van der Waals surface area contributed by atoms with Crippen molar-refractivity contribution in [1.29, 1.82) is 0 Å². The van der Waals surface area contributed by atoms with Crippen LogP contribution in [-0.4, -0.2) is 41.4 Å². The number of hydrogen-bond donors (Lipinski definition) is 1. The lowest BCUT2D eigenvalue weighted by atomic mass is 9.96. The Hall–Kier alpha value is -0.380. The average molecular weight is 238 g/mol. The van der Waals surface area contributed by atoms with Crippen LogP contribution in [0, 0.1) is 0 Å². The van der Waals surface area contributed by atoms with Gasteiger partial charge in [0.15, 0.2) is 0 Å². The van der Waals surface area contributed by atoms with Crippen LogP contribution in [0.1, 0.15) is 41.0 Å². The monoisotopic (exact) mass is 238 g/mol. The summed E-state index contributed by atoms with van der Waals surface area (Å²) in [5, 5.41) is 3.43. The Bertz CT molecular complexity index is 304. The van der Waals surface area contributed by atoms with E-state index >= 15 is 0 Å². The summed E-state index contributed by atoms with van der Waals surface area (Å²) in [4.78, 5) is 2.53. The smallest absolute Gasteiger partial charge is 0.117 e. The molecule has 2 unspecified atom stereocenters. The number of fused-ring (bicyclic) bond motifs is 1. The molecular weight excluding hydrogens is 212 g/mol. The molecule has 3 nitrogen and oxygen atoms in total. The Kier molecular flexibility index (Phi) is 3.36. The van der Waals surface area contributed by atoms with Gasteiger partial charge < -0.3 is 10.1 Å². The molecule has 0 aromatic carbocycles. The molecule has 2 aliphatic rings. The van der Waals surface area contributed by atoms with Crippen LogP contribution in [0.25, 0.3) is 0 Å². The van der Waals surface area contributed by atoms with Gasteiger partial charge in [-0.15, -0.1) is 0 Å². The Balaban J connectivity index is 2.28. The van der Waals surface area contributed by atoms with E-state index in [2.05, 4.69) is 57.0 Å². The summed E-state index contributed by atoms with van der Waals surface area (Å²) in [5.41, 5.74) is -0.0383. The standard InChI is InChI=1S/C14H26N2O/c1-13(2,3)16-11-8-6-7-9-15-10-12(11)17-14(16,4)5/h6-7,11-12,15H,8-10H2,1-5H3. The summed E-state index contributed by atoms with van der Waals surface area (Å²) >= 11 is 0. The molecule has 17 heavy (non-hydrogen) atoms. The number of nitrogens with zero attached hydrogens (tertiary/aromatic N) is 1. The van der Waals surface area contributed by atoms with Gasteiger partial charge in [-0.3, -0.25) is 4.90 Å². The van der Waals surface area contributed by atoms with E-state index in [0.717, 1.165) is 19.5 Å². The average Bonchev–Trinajstić information content (AvgIpc) is 2.36. The molecule has 2 atom stereocenters. The minimum atomic E-state index is -0.173. The van der Waals surface area contributed by atoms with Crippen molar-refractivity contribution in [2.45, 2.75) is 64.4 Å². The molecule has 1 N–H and O–H groups in total. The molecule has 98 valence electrons. The molecule has 0 radical (unpaired) electrons. The zero-order chi connectivity index (χ0) is 12.7. The van der Waals surface area contributed by atoms with Crippen molar-refractivity contribution in [3.63, 3.8) is 0 Å². The lowest BCUT2D eigenvalue weighted by Crippen LogP contribution is -2.55.